The maximum absolute atomic E-state index is 13.4. The van der Waals surface area contributed by atoms with E-state index in [0.29, 0.717) is 12.2 Å². The number of hydrogen-bond donors (Lipinski definition) is 2. The highest BCUT2D eigenvalue weighted by Crippen LogP contribution is 2.22. The van der Waals surface area contributed by atoms with Gasteiger partial charge in [-0.3, -0.25) is 9.59 Å². The van der Waals surface area contributed by atoms with Gasteiger partial charge in [0.25, 0.3) is 0 Å². The fourth-order valence-electron chi connectivity index (χ4n) is 4.35. The Morgan fingerprint density at radius 2 is 1.76 bits per heavy atom. The van der Waals surface area contributed by atoms with Gasteiger partial charge in [-0.15, -0.1) is 0 Å². The molecule has 9 heteroatoms. The van der Waals surface area contributed by atoms with E-state index >= 15 is 0 Å². The summed E-state index contributed by atoms with van der Waals surface area (Å²) in [5.41, 5.74) is 0.0178. The molecule has 1 aliphatic heterocycles. The Hall–Kier alpha value is -2.81. The molecule has 7 nitrogen and oxygen atoms in total. The summed E-state index contributed by atoms with van der Waals surface area (Å²) >= 11 is 0. The molecule has 2 heterocycles. The summed E-state index contributed by atoms with van der Waals surface area (Å²) in [6.45, 7) is 11.3. The quantitative estimate of drug-likeness (QED) is 0.549. The number of carbonyl (C=O) groups is 2. The molecule has 1 saturated heterocycles. The number of carbonyl (C=O) groups excluding carboxylic acids is 2. The third kappa shape index (κ3) is 7.35. The van der Waals surface area contributed by atoms with Crippen LogP contribution in [0.15, 0.2) is 30.7 Å². The van der Waals surface area contributed by atoms with E-state index in [4.69, 9.17) is 0 Å². The van der Waals surface area contributed by atoms with Crippen molar-refractivity contribution in [1.29, 1.82) is 0 Å². The number of imidazole rings is 1. The number of benzene rings is 1. The normalized spacial score (nSPS) is 15.5. The van der Waals surface area contributed by atoms with Crippen molar-refractivity contribution in [3.8, 4) is 0 Å². The summed E-state index contributed by atoms with van der Waals surface area (Å²) in [6.07, 6.45) is 6.14. The highest BCUT2D eigenvalue weighted by Gasteiger charge is 2.27. The lowest BCUT2D eigenvalue weighted by Crippen LogP contribution is -2.45. The minimum absolute atomic E-state index is 0.139. The lowest BCUT2D eigenvalue weighted by molar-refractivity contribution is -0.126. The molecule has 2 N–H and O–H groups in total. The van der Waals surface area contributed by atoms with Gasteiger partial charge in [-0.05, 0) is 69.8 Å². The molecule has 0 spiro atoms. The molecule has 0 aliphatic carbocycles. The molecule has 1 unspecified atom stereocenters. The molecule has 0 bridgehead atoms. The van der Waals surface area contributed by atoms with Crippen molar-refractivity contribution in [3.63, 3.8) is 0 Å². The molecule has 34 heavy (non-hydrogen) atoms. The smallest absolute Gasteiger partial charge is 0.248 e. The molecular weight excluding hydrogens is 440 g/mol. The molecule has 1 atom stereocenters. The van der Waals surface area contributed by atoms with Gasteiger partial charge in [-0.1, -0.05) is 13.8 Å². The predicted octanol–water partition coefficient (Wildman–Crippen LogP) is 3.70. The molecule has 3 rings (SSSR count). The van der Waals surface area contributed by atoms with Gasteiger partial charge in [0.1, 0.15) is 17.7 Å². The Bertz CT molecular complexity index is 979. The zero-order valence-corrected chi connectivity index (χ0v) is 20.4. The zero-order chi connectivity index (χ0) is 24.9. The summed E-state index contributed by atoms with van der Waals surface area (Å²) in [4.78, 5) is 32.3. The van der Waals surface area contributed by atoms with E-state index in [1.807, 2.05) is 18.4 Å². The number of hydrogen-bond acceptors (Lipinski definition) is 4. The minimum atomic E-state index is -0.798. The van der Waals surface area contributed by atoms with Crippen LogP contribution in [0.25, 0.3) is 0 Å². The van der Waals surface area contributed by atoms with Crippen LogP contribution >= 0.6 is 0 Å². The number of likely N-dealkylation sites (tertiary alicyclic amines) is 1. The Kier molecular flexibility index (Phi) is 8.41. The second kappa shape index (κ2) is 11.1. The van der Waals surface area contributed by atoms with Crippen LogP contribution in [0.3, 0.4) is 0 Å². The van der Waals surface area contributed by atoms with Crippen LogP contribution in [0.2, 0.25) is 0 Å². The molecular formula is C25H35F2N5O2. The van der Waals surface area contributed by atoms with Crippen molar-refractivity contribution in [2.45, 2.75) is 65.0 Å². The Labute approximate surface area is 199 Å². The first-order valence-electron chi connectivity index (χ1n) is 11.8. The van der Waals surface area contributed by atoms with Crippen LogP contribution in [0.1, 0.15) is 52.5 Å². The number of amides is 2. The molecule has 1 fully saturated rings. The molecule has 0 saturated carbocycles. The van der Waals surface area contributed by atoms with E-state index in [0.717, 1.165) is 37.8 Å². The summed E-state index contributed by atoms with van der Waals surface area (Å²) < 4.78 is 28.9. The first-order valence-corrected chi connectivity index (χ1v) is 11.8. The van der Waals surface area contributed by atoms with Crippen LogP contribution < -0.4 is 10.6 Å². The summed E-state index contributed by atoms with van der Waals surface area (Å²) in [7, 11) is 0. The van der Waals surface area contributed by atoms with Crippen molar-refractivity contribution >= 4 is 17.6 Å². The standard InChI is InChI=1S/C25H35F2N5O2/c1-17(2)9-21(29-23(33)12-18-10-19(26)13-20(27)11-18)24(34)30-22-14-32(16-28-22)25(3,4)15-31-7-5-6-8-31/h10-11,13-14,16-17,21H,5-9,12,15H2,1-4H3,(H,29,33)(H,30,34). The number of halogens is 2. The summed E-state index contributed by atoms with van der Waals surface area (Å²) in [5.74, 6) is -1.81. The number of nitrogens with zero attached hydrogens (tertiary/aromatic N) is 3. The van der Waals surface area contributed by atoms with Crippen LogP contribution in [0.5, 0.6) is 0 Å². The highest BCUT2D eigenvalue weighted by atomic mass is 19.1. The number of aromatic nitrogens is 2. The monoisotopic (exact) mass is 475 g/mol. The highest BCUT2D eigenvalue weighted by molar-refractivity contribution is 5.96. The van der Waals surface area contributed by atoms with E-state index in [1.54, 1.807) is 12.5 Å². The zero-order valence-electron chi connectivity index (χ0n) is 20.4. The SMILES string of the molecule is CC(C)CC(NC(=O)Cc1cc(F)cc(F)c1)C(=O)Nc1cn(C(C)(C)CN2CCCC2)cn1. The van der Waals surface area contributed by atoms with Crippen LogP contribution in [0, 0.1) is 17.6 Å². The largest absolute Gasteiger partial charge is 0.344 e. The molecule has 186 valence electrons. The first kappa shape index (κ1) is 25.8. The van der Waals surface area contributed by atoms with E-state index in [2.05, 4.69) is 34.4 Å². The van der Waals surface area contributed by atoms with Gasteiger partial charge in [-0.25, -0.2) is 13.8 Å². The first-order chi connectivity index (χ1) is 16.0. The Balaban J connectivity index is 1.63. The third-order valence-corrected chi connectivity index (χ3v) is 5.99. The fourth-order valence-corrected chi connectivity index (χ4v) is 4.35. The third-order valence-electron chi connectivity index (χ3n) is 5.99. The van der Waals surface area contributed by atoms with Crippen molar-refractivity contribution in [1.82, 2.24) is 19.8 Å². The molecule has 2 aromatic rings. The van der Waals surface area contributed by atoms with Gasteiger partial charge < -0.3 is 20.1 Å². The van der Waals surface area contributed by atoms with Gasteiger partial charge in [0.05, 0.1) is 18.3 Å². The average molecular weight is 476 g/mol. The lowest BCUT2D eigenvalue weighted by atomic mass is 10.0. The van der Waals surface area contributed by atoms with Gasteiger partial charge in [0.15, 0.2) is 5.82 Å². The van der Waals surface area contributed by atoms with Gasteiger partial charge in [0, 0.05) is 18.8 Å². The molecule has 2 amide bonds. The molecule has 1 aliphatic rings. The van der Waals surface area contributed by atoms with E-state index < -0.39 is 23.6 Å². The fraction of sp³-hybridized carbons (Fsp3) is 0.560. The van der Waals surface area contributed by atoms with Gasteiger partial charge in [-0.2, -0.15) is 0 Å². The molecule has 0 radical (unpaired) electrons. The van der Waals surface area contributed by atoms with Crippen LogP contribution in [0.4, 0.5) is 14.6 Å². The lowest BCUT2D eigenvalue weighted by Gasteiger charge is -2.31. The van der Waals surface area contributed by atoms with Crippen molar-refractivity contribution < 1.29 is 18.4 Å². The van der Waals surface area contributed by atoms with E-state index in [1.165, 1.54) is 12.8 Å². The molecule has 1 aromatic carbocycles. The number of anilines is 1. The van der Waals surface area contributed by atoms with Gasteiger partial charge >= 0.3 is 0 Å². The number of nitrogens with one attached hydrogen (secondary N) is 2. The van der Waals surface area contributed by atoms with E-state index in [9.17, 15) is 18.4 Å². The summed E-state index contributed by atoms with van der Waals surface area (Å²) in [5, 5.41) is 5.51. The van der Waals surface area contributed by atoms with Crippen LogP contribution in [-0.2, 0) is 21.5 Å². The van der Waals surface area contributed by atoms with E-state index in [-0.39, 0.29) is 29.3 Å². The number of rotatable bonds is 10. The minimum Gasteiger partial charge on any atom is -0.344 e. The Morgan fingerprint density at radius 3 is 2.38 bits per heavy atom. The van der Waals surface area contributed by atoms with Crippen LogP contribution in [-0.4, -0.2) is 51.9 Å². The van der Waals surface area contributed by atoms with Gasteiger partial charge in [0.2, 0.25) is 11.8 Å². The second-order valence-corrected chi connectivity index (χ2v) is 10.2. The van der Waals surface area contributed by atoms with Crippen molar-refractivity contribution in [2.75, 3.05) is 25.0 Å². The Morgan fingerprint density at radius 1 is 1.12 bits per heavy atom. The molecule has 1 aromatic heterocycles. The topological polar surface area (TPSA) is 79.3 Å². The maximum atomic E-state index is 13.4. The second-order valence-electron chi connectivity index (χ2n) is 10.2. The predicted molar refractivity (Wildman–Crippen MR) is 127 cm³/mol. The van der Waals surface area contributed by atoms with Crippen molar-refractivity contribution in [2.24, 2.45) is 5.92 Å². The maximum Gasteiger partial charge on any atom is 0.248 e. The summed E-state index contributed by atoms with van der Waals surface area (Å²) in [6, 6.07) is 2.17. The average Bonchev–Trinajstić information content (AvgIpc) is 3.38. The van der Waals surface area contributed by atoms with Crippen molar-refractivity contribution in [3.05, 3.63) is 47.9 Å².